The highest BCUT2D eigenvalue weighted by atomic mass is 16.2. The third-order valence-electron chi connectivity index (χ3n) is 4.98. The fourth-order valence-corrected chi connectivity index (χ4v) is 3.13. The van der Waals surface area contributed by atoms with Gasteiger partial charge in [0.2, 0.25) is 11.8 Å². The Labute approximate surface area is 169 Å². The van der Waals surface area contributed by atoms with Crippen molar-refractivity contribution in [2.45, 2.75) is 32.9 Å². The molecule has 8 heteroatoms. The molecule has 3 rings (SSSR count). The molecule has 1 aromatic carbocycles. The average molecular weight is 395 g/mol. The van der Waals surface area contributed by atoms with E-state index < -0.39 is 12.1 Å². The maximum Gasteiger partial charge on any atom is 0.323 e. The predicted molar refractivity (Wildman–Crippen MR) is 110 cm³/mol. The number of para-hydroxylation sites is 2. The van der Waals surface area contributed by atoms with E-state index in [2.05, 4.69) is 20.9 Å². The third kappa shape index (κ3) is 4.90. The highest BCUT2D eigenvalue weighted by Gasteiger charge is 2.31. The minimum absolute atomic E-state index is 0.0818. The summed E-state index contributed by atoms with van der Waals surface area (Å²) in [5.41, 5.74) is 2.04. The topological polar surface area (TPSA) is 103 Å². The Bertz CT molecular complexity index is 887. The second-order valence-electron chi connectivity index (χ2n) is 7.04. The van der Waals surface area contributed by atoms with Crippen LogP contribution < -0.4 is 20.9 Å². The molecule has 2 aromatic rings. The molecule has 4 amide bonds. The zero-order chi connectivity index (χ0) is 20.8. The molecule has 1 aliphatic heterocycles. The summed E-state index contributed by atoms with van der Waals surface area (Å²) < 4.78 is 0. The SMILES string of the molecule is CC[C@@H](C)[C@H](NC(=O)N1CC(=O)Nc2ccccc21)C(=O)NCc1cccnc1. The van der Waals surface area contributed by atoms with Gasteiger partial charge in [-0.2, -0.15) is 0 Å². The summed E-state index contributed by atoms with van der Waals surface area (Å²) in [7, 11) is 0. The first kappa shape index (κ1) is 20.3. The average Bonchev–Trinajstić information content (AvgIpc) is 2.75. The summed E-state index contributed by atoms with van der Waals surface area (Å²) in [4.78, 5) is 43.1. The van der Waals surface area contributed by atoms with E-state index >= 15 is 0 Å². The number of hydrogen-bond donors (Lipinski definition) is 3. The minimum atomic E-state index is -0.721. The van der Waals surface area contributed by atoms with E-state index in [4.69, 9.17) is 0 Å². The monoisotopic (exact) mass is 395 g/mol. The molecular formula is C21H25N5O3. The van der Waals surface area contributed by atoms with Crippen LogP contribution in [0.4, 0.5) is 16.2 Å². The number of fused-ring (bicyclic) bond motifs is 1. The van der Waals surface area contributed by atoms with Crippen molar-refractivity contribution in [3.63, 3.8) is 0 Å². The van der Waals surface area contributed by atoms with Gasteiger partial charge in [-0.05, 0) is 29.7 Å². The summed E-state index contributed by atoms with van der Waals surface area (Å²) in [6.07, 6.45) is 4.06. The number of carbonyl (C=O) groups excluding carboxylic acids is 3. The number of amides is 4. The van der Waals surface area contributed by atoms with Crippen LogP contribution in [-0.2, 0) is 16.1 Å². The largest absolute Gasteiger partial charge is 0.350 e. The molecule has 29 heavy (non-hydrogen) atoms. The van der Waals surface area contributed by atoms with Gasteiger partial charge in [0.15, 0.2) is 0 Å². The van der Waals surface area contributed by atoms with Crippen LogP contribution in [0.2, 0.25) is 0 Å². The van der Waals surface area contributed by atoms with Gasteiger partial charge in [-0.1, -0.05) is 38.5 Å². The van der Waals surface area contributed by atoms with E-state index in [1.54, 1.807) is 42.7 Å². The van der Waals surface area contributed by atoms with Gasteiger partial charge in [0.1, 0.15) is 12.6 Å². The van der Waals surface area contributed by atoms with Crippen molar-refractivity contribution in [3.8, 4) is 0 Å². The van der Waals surface area contributed by atoms with Gasteiger partial charge in [0, 0.05) is 18.9 Å². The molecule has 0 saturated carbocycles. The number of aromatic nitrogens is 1. The summed E-state index contributed by atoms with van der Waals surface area (Å²) in [5.74, 6) is -0.632. The van der Waals surface area contributed by atoms with E-state index in [-0.39, 0.29) is 24.3 Å². The molecule has 3 N–H and O–H groups in total. The van der Waals surface area contributed by atoms with Crippen LogP contribution in [0.25, 0.3) is 0 Å². The lowest BCUT2D eigenvalue weighted by Gasteiger charge is -2.32. The molecule has 2 atom stereocenters. The number of pyridine rings is 1. The maximum atomic E-state index is 13.0. The summed E-state index contributed by atoms with van der Waals surface area (Å²) in [6.45, 7) is 4.09. The van der Waals surface area contributed by atoms with E-state index in [0.717, 1.165) is 5.56 Å². The van der Waals surface area contributed by atoms with Crippen LogP contribution in [0.15, 0.2) is 48.8 Å². The van der Waals surface area contributed by atoms with E-state index in [1.807, 2.05) is 19.9 Å². The number of hydrogen-bond acceptors (Lipinski definition) is 4. The molecule has 0 spiro atoms. The Morgan fingerprint density at radius 2 is 2.03 bits per heavy atom. The number of urea groups is 1. The fraction of sp³-hybridized carbons (Fsp3) is 0.333. The summed E-state index contributed by atoms with van der Waals surface area (Å²) in [6, 6.07) is 9.55. The Balaban J connectivity index is 1.72. The second kappa shape index (κ2) is 9.18. The van der Waals surface area contributed by atoms with Crippen LogP contribution in [0.1, 0.15) is 25.8 Å². The van der Waals surface area contributed by atoms with Gasteiger partial charge in [-0.3, -0.25) is 19.5 Å². The number of rotatable bonds is 6. The molecule has 2 heterocycles. The standard InChI is InChI=1S/C21H25N5O3/c1-3-14(2)19(20(28)23-12-15-7-6-10-22-11-15)25-21(29)26-13-18(27)24-16-8-4-5-9-17(16)26/h4-11,14,19H,3,12-13H2,1-2H3,(H,23,28)(H,24,27)(H,25,29)/t14-,19+/m1/s1. The first-order valence-electron chi connectivity index (χ1n) is 9.63. The molecule has 0 saturated heterocycles. The first-order valence-corrected chi connectivity index (χ1v) is 9.63. The van der Waals surface area contributed by atoms with E-state index in [9.17, 15) is 14.4 Å². The summed E-state index contributed by atoms with van der Waals surface area (Å²) in [5, 5.41) is 8.42. The lowest BCUT2D eigenvalue weighted by molar-refractivity contribution is -0.124. The number of anilines is 2. The zero-order valence-electron chi connectivity index (χ0n) is 16.5. The number of benzene rings is 1. The van der Waals surface area contributed by atoms with Gasteiger partial charge in [0.05, 0.1) is 11.4 Å². The van der Waals surface area contributed by atoms with Gasteiger partial charge < -0.3 is 16.0 Å². The van der Waals surface area contributed by atoms with Crippen molar-refractivity contribution in [3.05, 3.63) is 54.4 Å². The molecule has 0 unspecified atom stereocenters. The molecule has 8 nitrogen and oxygen atoms in total. The minimum Gasteiger partial charge on any atom is -0.350 e. The van der Waals surface area contributed by atoms with Crippen LogP contribution in [-0.4, -0.2) is 35.4 Å². The van der Waals surface area contributed by atoms with Crippen molar-refractivity contribution in [1.82, 2.24) is 15.6 Å². The van der Waals surface area contributed by atoms with Crippen molar-refractivity contribution >= 4 is 29.2 Å². The highest BCUT2D eigenvalue weighted by molar-refractivity contribution is 6.10. The van der Waals surface area contributed by atoms with Crippen molar-refractivity contribution in [2.75, 3.05) is 16.8 Å². The zero-order valence-corrected chi connectivity index (χ0v) is 16.5. The first-order chi connectivity index (χ1) is 14.0. The normalized spacial score (nSPS) is 15.0. The van der Waals surface area contributed by atoms with Gasteiger partial charge in [0.25, 0.3) is 0 Å². The van der Waals surface area contributed by atoms with Crippen LogP contribution in [0.3, 0.4) is 0 Å². The van der Waals surface area contributed by atoms with E-state index in [1.165, 1.54) is 4.90 Å². The van der Waals surface area contributed by atoms with Crippen molar-refractivity contribution < 1.29 is 14.4 Å². The molecule has 1 aliphatic rings. The Kier molecular flexibility index (Phi) is 6.43. The maximum absolute atomic E-state index is 13.0. The van der Waals surface area contributed by atoms with Gasteiger partial charge in [-0.25, -0.2) is 4.79 Å². The smallest absolute Gasteiger partial charge is 0.323 e. The molecule has 152 valence electrons. The van der Waals surface area contributed by atoms with Crippen LogP contribution in [0.5, 0.6) is 0 Å². The Morgan fingerprint density at radius 3 is 2.76 bits per heavy atom. The second-order valence-corrected chi connectivity index (χ2v) is 7.04. The van der Waals surface area contributed by atoms with E-state index in [0.29, 0.717) is 24.3 Å². The Hall–Kier alpha value is -3.42. The fourth-order valence-electron chi connectivity index (χ4n) is 3.13. The lowest BCUT2D eigenvalue weighted by Crippen LogP contribution is -2.55. The number of nitrogens with zero attached hydrogens (tertiary/aromatic N) is 2. The van der Waals surface area contributed by atoms with Crippen molar-refractivity contribution in [1.29, 1.82) is 0 Å². The predicted octanol–water partition coefficient (Wildman–Crippen LogP) is 2.28. The quantitative estimate of drug-likeness (QED) is 0.698. The molecule has 0 fully saturated rings. The van der Waals surface area contributed by atoms with Crippen LogP contribution in [0, 0.1) is 5.92 Å². The lowest BCUT2D eigenvalue weighted by atomic mass is 9.98. The molecule has 1 aromatic heterocycles. The number of carbonyl (C=O) groups is 3. The molecule has 0 aliphatic carbocycles. The van der Waals surface area contributed by atoms with Gasteiger partial charge in [-0.15, -0.1) is 0 Å². The molecular weight excluding hydrogens is 370 g/mol. The van der Waals surface area contributed by atoms with Crippen molar-refractivity contribution in [2.24, 2.45) is 5.92 Å². The van der Waals surface area contributed by atoms with Gasteiger partial charge >= 0.3 is 6.03 Å². The highest BCUT2D eigenvalue weighted by Crippen LogP contribution is 2.29. The third-order valence-corrected chi connectivity index (χ3v) is 4.98. The Morgan fingerprint density at radius 1 is 1.24 bits per heavy atom. The molecule has 0 bridgehead atoms. The molecule has 0 radical (unpaired) electrons. The van der Waals surface area contributed by atoms with Crippen LogP contribution >= 0.6 is 0 Å². The summed E-state index contributed by atoms with van der Waals surface area (Å²) >= 11 is 0. The number of nitrogens with one attached hydrogen (secondary N) is 3.